The Balaban J connectivity index is 1.00. The third kappa shape index (κ3) is 6.18. The van der Waals surface area contributed by atoms with Crippen molar-refractivity contribution in [1.29, 1.82) is 0 Å². The smallest absolute Gasteiger partial charge is 0.164 e. The van der Waals surface area contributed by atoms with Crippen LogP contribution in [-0.2, 0) is 0 Å². The zero-order valence-electron chi connectivity index (χ0n) is 38.2. The Bertz CT molecular complexity index is 4550. The summed E-state index contributed by atoms with van der Waals surface area (Å²) in [5, 5.41) is 11.4. The monoisotopic (exact) mass is 905 g/mol. The first kappa shape index (κ1) is 39.4. The van der Waals surface area contributed by atoms with E-state index in [4.69, 9.17) is 19.4 Å². The normalized spacial score (nSPS) is 11.9. The molecular weight excluding hydrogens is 867 g/mol. The van der Waals surface area contributed by atoms with Gasteiger partial charge in [0.1, 0.15) is 5.58 Å². The lowest BCUT2D eigenvalue weighted by atomic mass is 10.0. The molecule has 0 bridgehead atoms. The molecule has 0 spiro atoms. The molecule has 15 rings (SSSR count). The maximum Gasteiger partial charge on any atom is 0.164 e. The molecular formula is C65H39N5O. The molecule has 4 heterocycles. The van der Waals surface area contributed by atoms with Crippen molar-refractivity contribution in [3.63, 3.8) is 0 Å². The Kier molecular flexibility index (Phi) is 8.56. The quantitative estimate of drug-likeness (QED) is 0.167. The molecule has 0 N–H and O–H groups in total. The molecule has 6 heteroatoms. The minimum absolute atomic E-state index is 0.557. The first-order valence-corrected chi connectivity index (χ1v) is 24.0. The number of para-hydroxylation sites is 3. The van der Waals surface area contributed by atoms with E-state index < -0.39 is 0 Å². The molecule has 0 aliphatic carbocycles. The van der Waals surface area contributed by atoms with Crippen LogP contribution in [0.2, 0.25) is 0 Å². The molecule has 0 aliphatic heterocycles. The molecule has 71 heavy (non-hydrogen) atoms. The zero-order valence-corrected chi connectivity index (χ0v) is 38.2. The summed E-state index contributed by atoms with van der Waals surface area (Å²) in [5.74, 6) is 1.71. The van der Waals surface area contributed by atoms with Crippen molar-refractivity contribution in [2.75, 3.05) is 0 Å². The van der Waals surface area contributed by atoms with Gasteiger partial charge >= 0.3 is 0 Å². The van der Waals surface area contributed by atoms with Crippen molar-refractivity contribution >= 4 is 87.1 Å². The molecule has 330 valence electrons. The minimum atomic E-state index is 0.557. The van der Waals surface area contributed by atoms with E-state index in [-0.39, 0.29) is 0 Å². The summed E-state index contributed by atoms with van der Waals surface area (Å²) in [5.41, 5.74) is 12.8. The van der Waals surface area contributed by atoms with Gasteiger partial charge in [-0.2, -0.15) is 0 Å². The molecule has 0 aliphatic rings. The second kappa shape index (κ2) is 15.4. The van der Waals surface area contributed by atoms with Gasteiger partial charge in [-0.3, -0.25) is 0 Å². The summed E-state index contributed by atoms with van der Waals surface area (Å²) in [4.78, 5) is 16.2. The third-order valence-electron chi connectivity index (χ3n) is 14.3. The second-order valence-electron chi connectivity index (χ2n) is 18.4. The molecule has 4 aromatic heterocycles. The van der Waals surface area contributed by atoms with E-state index in [2.05, 4.69) is 234 Å². The van der Waals surface area contributed by atoms with Crippen molar-refractivity contribution in [2.24, 2.45) is 0 Å². The van der Waals surface area contributed by atoms with Gasteiger partial charge in [-0.25, -0.2) is 15.0 Å². The Labute approximate surface area is 407 Å². The van der Waals surface area contributed by atoms with Crippen LogP contribution in [0.15, 0.2) is 241 Å². The lowest BCUT2D eigenvalue weighted by molar-refractivity contribution is 0.666. The molecule has 0 fully saturated rings. The number of nitrogens with zero attached hydrogens (tertiary/aromatic N) is 5. The summed E-state index contributed by atoms with van der Waals surface area (Å²) in [6, 6.07) is 83.9. The van der Waals surface area contributed by atoms with Gasteiger partial charge in [0, 0.05) is 54.7 Å². The number of fused-ring (bicyclic) bond motifs is 11. The van der Waals surface area contributed by atoms with Crippen molar-refractivity contribution in [2.45, 2.75) is 0 Å². The van der Waals surface area contributed by atoms with Gasteiger partial charge in [0.15, 0.2) is 23.1 Å². The molecule has 0 unspecified atom stereocenters. The fraction of sp³-hybridized carbons (Fsp3) is 0. The van der Waals surface area contributed by atoms with E-state index in [0.717, 1.165) is 88.6 Å². The molecule has 15 aromatic rings. The first-order valence-electron chi connectivity index (χ1n) is 24.0. The summed E-state index contributed by atoms with van der Waals surface area (Å²) >= 11 is 0. The topological polar surface area (TPSA) is 61.7 Å². The van der Waals surface area contributed by atoms with E-state index >= 15 is 0 Å². The fourth-order valence-electron chi connectivity index (χ4n) is 11.0. The van der Waals surface area contributed by atoms with Crippen LogP contribution in [0.1, 0.15) is 0 Å². The van der Waals surface area contributed by atoms with Crippen LogP contribution in [0.25, 0.3) is 144 Å². The van der Waals surface area contributed by atoms with Crippen LogP contribution < -0.4 is 0 Å². The number of hydrogen-bond donors (Lipinski definition) is 0. The van der Waals surface area contributed by atoms with Gasteiger partial charge < -0.3 is 13.6 Å². The summed E-state index contributed by atoms with van der Waals surface area (Å²) in [6.07, 6.45) is 0. The lowest BCUT2D eigenvalue weighted by Gasteiger charge is -2.13. The number of furan rings is 1. The predicted octanol–water partition coefficient (Wildman–Crippen LogP) is 16.9. The highest BCUT2D eigenvalue weighted by atomic mass is 16.3. The second-order valence-corrected chi connectivity index (χ2v) is 18.4. The summed E-state index contributed by atoms with van der Waals surface area (Å²) in [7, 11) is 0. The van der Waals surface area contributed by atoms with E-state index in [1.165, 1.54) is 37.7 Å². The maximum atomic E-state index is 7.07. The van der Waals surface area contributed by atoms with Crippen molar-refractivity contribution in [3.8, 4) is 56.7 Å². The molecule has 6 nitrogen and oxygen atoms in total. The van der Waals surface area contributed by atoms with Crippen LogP contribution in [-0.4, -0.2) is 24.1 Å². The zero-order chi connectivity index (χ0) is 46.6. The summed E-state index contributed by atoms with van der Waals surface area (Å²) in [6.45, 7) is 0. The molecule has 11 aromatic carbocycles. The van der Waals surface area contributed by atoms with Gasteiger partial charge in [-0.15, -0.1) is 0 Å². The van der Waals surface area contributed by atoms with E-state index in [1.807, 2.05) is 12.1 Å². The molecule has 0 saturated carbocycles. The Hall–Kier alpha value is -9.65. The minimum Gasteiger partial charge on any atom is -0.454 e. The first-order chi connectivity index (χ1) is 35.2. The van der Waals surface area contributed by atoms with E-state index in [9.17, 15) is 0 Å². The largest absolute Gasteiger partial charge is 0.454 e. The molecule has 0 radical (unpaired) electrons. The SMILES string of the molecule is c1ccc(-c2cccc(-c3nc(-c4ccc5c6ccccc6n(-c6ccccc6)c5c4)nc(-c4ccc(-n5c6cc7ccccc7cc6c6cc7ccccc7cc65)c5oc6ccccc6c45)n3)c2)cc1. The number of hydrogen-bond acceptors (Lipinski definition) is 4. The Morgan fingerprint density at radius 2 is 0.845 bits per heavy atom. The molecule has 0 atom stereocenters. The fourth-order valence-corrected chi connectivity index (χ4v) is 11.0. The van der Waals surface area contributed by atoms with Crippen molar-refractivity contribution in [1.82, 2.24) is 24.1 Å². The van der Waals surface area contributed by atoms with Gasteiger partial charge in [0.2, 0.25) is 0 Å². The number of rotatable bonds is 6. The van der Waals surface area contributed by atoms with Gasteiger partial charge in [0.25, 0.3) is 0 Å². The van der Waals surface area contributed by atoms with Crippen LogP contribution >= 0.6 is 0 Å². The van der Waals surface area contributed by atoms with Crippen LogP contribution in [0.3, 0.4) is 0 Å². The maximum absolute atomic E-state index is 7.07. The highest BCUT2D eigenvalue weighted by Gasteiger charge is 2.24. The number of aromatic nitrogens is 5. The van der Waals surface area contributed by atoms with Gasteiger partial charge in [0.05, 0.1) is 27.8 Å². The highest BCUT2D eigenvalue weighted by Crippen LogP contribution is 2.44. The van der Waals surface area contributed by atoms with E-state index in [1.54, 1.807) is 0 Å². The number of benzene rings is 11. The van der Waals surface area contributed by atoms with E-state index in [0.29, 0.717) is 17.5 Å². The molecule has 0 amide bonds. The predicted molar refractivity (Wildman–Crippen MR) is 293 cm³/mol. The van der Waals surface area contributed by atoms with Crippen LogP contribution in [0.4, 0.5) is 0 Å². The van der Waals surface area contributed by atoms with Crippen LogP contribution in [0.5, 0.6) is 0 Å². The van der Waals surface area contributed by atoms with Crippen molar-refractivity contribution < 1.29 is 4.42 Å². The lowest BCUT2D eigenvalue weighted by Crippen LogP contribution is -2.02. The molecule has 0 saturated heterocycles. The average molecular weight is 906 g/mol. The summed E-state index contributed by atoms with van der Waals surface area (Å²) < 4.78 is 11.8. The van der Waals surface area contributed by atoms with Gasteiger partial charge in [-0.1, -0.05) is 164 Å². The van der Waals surface area contributed by atoms with Crippen molar-refractivity contribution in [3.05, 3.63) is 237 Å². The standard InChI is InChI=1S/C65H39N5O/c1-3-16-40(17-4-1)41-22-15-23-46(34-41)63-66-64(47-30-31-50-49-26-11-13-28-55(49)69(57(50)39-47)48-24-5-2-6-25-48)68-65(67-63)52-32-33-56(62-61(52)51-27-12-14-29-60(51)71-62)70-58-37-44-20-9-7-18-42(44)35-53(58)54-36-43-19-8-10-21-45(43)38-59(54)70/h1-39H. The van der Waals surface area contributed by atoms with Crippen LogP contribution in [0, 0.1) is 0 Å². The Morgan fingerprint density at radius 3 is 1.56 bits per heavy atom. The van der Waals surface area contributed by atoms with Gasteiger partial charge in [-0.05, 0) is 105 Å². The average Bonchev–Trinajstić information content (AvgIpc) is 4.09. The Morgan fingerprint density at radius 1 is 0.310 bits per heavy atom. The third-order valence-corrected chi connectivity index (χ3v) is 14.3. The highest BCUT2D eigenvalue weighted by molar-refractivity contribution is 6.19.